The number of carboxylic acid groups (broad SMARTS) is 1. The second-order valence-electron chi connectivity index (χ2n) is 6.29. The number of hydrogen-bond donors (Lipinski definition) is 2. The molecule has 1 aromatic rings. The zero-order chi connectivity index (χ0) is 15.6. The summed E-state index contributed by atoms with van der Waals surface area (Å²) in [6, 6.07) is 4.30. The summed E-state index contributed by atoms with van der Waals surface area (Å²) in [6.45, 7) is 8.05. The smallest absolute Gasteiger partial charge is 0.323 e. The van der Waals surface area contributed by atoms with Crippen LogP contribution in [0, 0.1) is 13.8 Å². The van der Waals surface area contributed by atoms with Crippen LogP contribution in [-0.4, -0.2) is 32.9 Å². The van der Waals surface area contributed by atoms with Crippen molar-refractivity contribution in [2.24, 2.45) is 0 Å². The molecule has 0 aromatic carbocycles. The van der Waals surface area contributed by atoms with E-state index in [9.17, 15) is 9.90 Å². The van der Waals surface area contributed by atoms with Crippen LogP contribution >= 0.6 is 11.8 Å². The summed E-state index contributed by atoms with van der Waals surface area (Å²) >= 11 is 1.71. The van der Waals surface area contributed by atoms with Crippen LogP contribution in [-0.2, 0) is 4.79 Å². The third kappa shape index (κ3) is 3.98. The molecule has 1 heterocycles. The molecule has 0 amide bonds. The van der Waals surface area contributed by atoms with E-state index >= 15 is 0 Å². The Hall–Kier alpha value is -1.07. The number of nitrogens with one attached hydrogen (secondary N) is 1. The van der Waals surface area contributed by atoms with E-state index in [1.54, 1.807) is 11.8 Å². The van der Waals surface area contributed by atoms with Gasteiger partial charge in [0.1, 0.15) is 5.54 Å². The number of pyridine rings is 1. The Morgan fingerprint density at radius 2 is 2.19 bits per heavy atom. The van der Waals surface area contributed by atoms with Gasteiger partial charge in [0, 0.05) is 17.0 Å². The van der Waals surface area contributed by atoms with E-state index in [-0.39, 0.29) is 6.04 Å². The molecule has 0 bridgehead atoms. The van der Waals surface area contributed by atoms with Crippen LogP contribution in [0.2, 0.25) is 0 Å². The molecule has 4 nitrogen and oxygen atoms in total. The van der Waals surface area contributed by atoms with Gasteiger partial charge in [0.25, 0.3) is 0 Å². The lowest BCUT2D eigenvalue weighted by molar-refractivity contribution is -0.145. The minimum absolute atomic E-state index is 0.171. The maximum atomic E-state index is 11.7. The minimum Gasteiger partial charge on any atom is -0.480 e. The summed E-state index contributed by atoms with van der Waals surface area (Å²) in [5.41, 5.74) is 1.44. The number of aromatic nitrogens is 1. The van der Waals surface area contributed by atoms with Gasteiger partial charge in [0.15, 0.2) is 0 Å². The number of nitrogens with zero attached hydrogens (tertiary/aromatic N) is 1. The number of rotatable bonds is 5. The molecular weight excluding hydrogens is 284 g/mol. The molecule has 5 heteroatoms. The maximum absolute atomic E-state index is 11.7. The number of hydrogen-bond acceptors (Lipinski definition) is 4. The van der Waals surface area contributed by atoms with Gasteiger partial charge in [0.2, 0.25) is 0 Å². The van der Waals surface area contributed by atoms with Crippen molar-refractivity contribution >= 4 is 17.7 Å². The van der Waals surface area contributed by atoms with Crippen LogP contribution < -0.4 is 5.32 Å². The first-order valence-corrected chi connectivity index (χ1v) is 8.32. The summed E-state index contributed by atoms with van der Waals surface area (Å²) in [6.07, 6.45) is 2.24. The van der Waals surface area contributed by atoms with E-state index in [1.165, 1.54) is 5.56 Å². The largest absolute Gasteiger partial charge is 0.480 e. The van der Waals surface area contributed by atoms with Crippen molar-refractivity contribution < 1.29 is 9.90 Å². The third-order valence-electron chi connectivity index (χ3n) is 3.81. The van der Waals surface area contributed by atoms with E-state index < -0.39 is 11.5 Å². The predicted octanol–water partition coefficient (Wildman–Crippen LogP) is 3.16. The van der Waals surface area contributed by atoms with Gasteiger partial charge >= 0.3 is 5.97 Å². The monoisotopic (exact) mass is 308 g/mol. The summed E-state index contributed by atoms with van der Waals surface area (Å²) in [5, 5.41) is 14.2. The first-order valence-electron chi connectivity index (χ1n) is 7.44. The highest BCUT2D eigenvalue weighted by molar-refractivity contribution is 7.99. The Morgan fingerprint density at radius 3 is 2.76 bits per heavy atom. The molecule has 2 unspecified atom stereocenters. The van der Waals surface area contributed by atoms with E-state index in [0.717, 1.165) is 17.1 Å². The second kappa shape index (κ2) is 6.36. The fourth-order valence-electron chi connectivity index (χ4n) is 3.08. The van der Waals surface area contributed by atoms with Gasteiger partial charge in [-0.2, -0.15) is 0 Å². The first-order chi connectivity index (χ1) is 9.80. The minimum atomic E-state index is -0.773. The summed E-state index contributed by atoms with van der Waals surface area (Å²) in [4.78, 5) is 16.2. The van der Waals surface area contributed by atoms with Gasteiger partial charge in [-0.25, -0.2) is 4.98 Å². The highest BCUT2D eigenvalue weighted by Crippen LogP contribution is 2.40. The van der Waals surface area contributed by atoms with Crippen molar-refractivity contribution in [3.63, 3.8) is 0 Å². The molecule has 0 radical (unpaired) electrons. The number of carbonyl (C=O) groups is 1. The molecule has 1 fully saturated rings. The zero-order valence-electron chi connectivity index (χ0n) is 13.1. The second-order valence-corrected chi connectivity index (χ2v) is 7.61. The van der Waals surface area contributed by atoms with Crippen LogP contribution in [0.3, 0.4) is 0 Å². The predicted molar refractivity (Wildman–Crippen MR) is 85.8 cm³/mol. The molecule has 2 atom stereocenters. The Morgan fingerprint density at radius 1 is 1.48 bits per heavy atom. The molecular formula is C16H24N2O2S. The fourth-order valence-corrected chi connectivity index (χ4v) is 4.47. The average molecular weight is 308 g/mol. The van der Waals surface area contributed by atoms with Crippen LogP contribution in [0.5, 0.6) is 0 Å². The van der Waals surface area contributed by atoms with Crippen molar-refractivity contribution in [1.82, 2.24) is 10.3 Å². The molecule has 0 saturated heterocycles. The molecule has 116 valence electrons. The summed E-state index contributed by atoms with van der Waals surface area (Å²) in [5.74, 6) is -0.729. The highest BCUT2D eigenvalue weighted by atomic mass is 32.2. The quantitative estimate of drug-likeness (QED) is 0.875. The molecule has 1 aliphatic rings. The standard InChI is InChI=1S/C16H24N2O2S/c1-10(2)18-16(15(19)20)6-5-13(9-16)21-14-8-11(3)7-12(4)17-14/h7-8,10,13,18H,5-6,9H2,1-4H3,(H,19,20). The maximum Gasteiger partial charge on any atom is 0.323 e. The Bertz CT molecular complexity index is 513. The van der Waals surface area contributed by atoms with Crippen LogP contribution in [0.4, 0.5) is 0 Å². The topological polar surface area (TPSA) is 62.2 Å². The van der Waals surface area contributed by atoms with Gasteiger partial charge in [-0.15, -0.1) is 11.8 Å². The first kappa shape index (κ1) is 16.3. The van der Waals surface area contributed by atoms with Crippen molar-refractivity contribution in [2.75, 3.05) is 0 Å². The molecule has 1 saturated carbocycles. The lowest BCUT2D eigenvalue weighted by Gasteiger charge is -2.28. The number of aryl methyl sites for hydroxylation is 2. The normalized spacial score (nSPS) is 25.5. The average Bonchev–Trinajstić information content (AvgIpc) is 2.71. The van der Waals surface area contributed by atoms with Gasteiger partial charge in [-0.05, 0) is 64.7 Å². The van der Waals surface area contributed by atoms with Crippen molar-refractivity contribution in [3.8, 4) is 0 Å². The summed E-state index contributed by atoms with van der Waals surface area (Å²) in [7, 11) is 0. The molecule has 2 rings (SSSR count). The van der Waals surface area contributed by atoms with Gasteiger partial charge < -0.3 is 5.11 Å². The van der Waals surface area contributed by atoms with Crippen LogP contribution in [0.25, 0.3) is 0 Å². The van der Waals surface area contributed by atoms with Crippen molar-refractivity contribution in [1.29, 1.82) is 0 Å². The van der Waals surface area contributed by atoms with E-state index in [1.807, 2.05) is 20.8 Å². The Balaban J connectivity index is 2.08. The van der Waals surface area contributed by atoms with Crippen molar-refractivity contribution in [2.45, 2.75) is 68.8 Å². The lowest BCUT2D eigenvalue weighted by Crippen LogP contribution is -2.53. The Labute approximate surface area is 130 Å². The number of thioether (sulfide) groups is 1. The van der Waals surface area contributed by atoms with E-state index in [4.69, 9.17) is 0 Å². The molecule has 1 aliphatic carbocycles. The Kier molecular flexibility index (Phi) is 4.94. The van der Waals surface area contributed by atoms with Crippen molar-refractivity contribution in [3.05, 3.63) is 23.4 Å². The summed E-state index contributed by atoms with van der Waals surface area (Å²) < 4.78 is 0. The molecule has 21 heavy (non-hydrogen) atoms. The number of carboxylic acids is 1. The van der Waals surface area contributed by atoms with E-state index in [2.05, 4.69) is 29.4 Å². The number of aliphatic carboxylic acids is 1. The lowest BCUT2D eigenvalue weighted by atomic mass is 9.97. The van der Waals surface area contributed by atoms with Crippen LogP contribution in [0.1, 0.15) is 44.4 Å². The SMILES string of the molecule is Cc1cc(C)nc(SC2CCC(NC(C)C)(C(=O)O)C2)c1. The zero-order valence-corrected chi connectivity index (χ0v) is 14.0. The fraction of sp³-hybridized carbons (Fsp3) is 0.625. The molecule has 0 aliphatic heterocycles. The molecule has 0 spiro atoms. The van der Waals surface area contributed by atoms with Gasteiger partial charge in [-0.3, -0.25) is 10.1 Å². The molecule has 2 N–H and O–H groups in total. The van der Waals surface area contributed by atoms with Crippen LogP contribution in [0.15, 0.2) is 17.2 Å². The highest BCUT2D eigenvalue weighted by Gasteiger charge is 2.46. The van der Waals surface area contributed by atoms with Gasteiger partial charge in [-0.1, -0.05) is 0 Å². The van der Waals surface area contributed by atoms with E-state index in [0.29, 0.717) is 18.1 Å². The molecule has 1 aromatic heterocycles. The third-order valence-corrected chi connectivity index (χ3v) is 4.99. The van der Waals surface area contributed by atoms with Gasteiger partial charge in [0.05, 0.1) is 5.03 Å².